The van der Waals surface area contributed by atoms with Crippen LogP contribution in [0.2, 0.25) is 0 Å². The Balaban J connectivity index is 0.896. The van der Waals surface area contributed by atoms with E-state index in [1.807, 2.05) is 12.1 Å². The van der Waals surface area contributed by atoms with Crippen LogP contribution < -0.4 is 4.90 Å². The maximum atomic E-state index is 6.51. The Morgan fingerprint density at radius 3 is 1.63 bits per heavy atom. The van der Waals surface area contributed by atoms with Crippen molar-refractivity contribution in [2.45, 2.75) is 0 Å². The summed E-state index contributed by atoms with van der Waals surface area (Å²) in [6.07, 6.45) is 0. The zero-order valence-corrected chi connectivity index (χ0v) is 38.7. The molecule has 14 rings (SSSR count). The number of furan rings is 1. The largest absolute Gasteiger partial charge is 0.455 e. The highest BCUT2D eigenvalue weighted by Crippen LogP contribution is 2.46. The average Bonchev–Trinajstić information content (AvgIpc) is 4.00. The molecule has 14 aromatic rings. The SMILES string of the molecule is c1cc(-c2ccc(-c3ccccc3-n3c4ccccc4c4ccccc43)cc2)cc(N(c2ccc(-c3cccc4c3oc3ccccc34)cc2)c2ccccc2-c2cc3ccccc3c3ccccc23)c1. The molecule has 0 aliphatic heterocycles. The number of nitrogens with zero attached hydrogens (tertiary/aromatic N) is 2. The fourth-order valence-electron chi connectivity index (χ4n) is 11.1. The highest BCUT2D eigenvalue weighted by atomic mass is 16.3. The van der Waals surface area contributed by atoms with Gasteiger partial charge in [-0.25, -0.2) is 0 Å². The molecule has 0 aliphatic carbocycles. The van der Waals surface area contributed by atoms with E-state index >= 15 is 0 Å². The van der Waals surface area contributed by atoms with E-state index in [9.17, 15) is 0 Å². The minimum atomic E-state index is 0.897. The van der Waals surface area contributed by atoms with Gasteiger partial charge in [0, 0.05) is 49.6 Å². The second-order valence-corrected chi connectivity index (χ2v) is 18.4. The van der Waals surface area contributed by atoms with Gasteiger partial charge in [0.15, 0.2) is 0 Å². The van der Waals surface area contributed by atoms with Crippen LogP contribution in [0.25, 0.3) is 115 Å². The van der Waals surface area contributed by atoms with Gasteiger partial charge in [-0.1, -0.05) is 206 Å². The van der Waals surface area contributed by atoms with E-state index in [-0.39, 0.29) is 0 Å². The molecule has 71 heavy (non-hydrogen) atoms. The van der Waals surface area contributed by atoms with Crippen LogP contribution >= 0.6 is 0 Å². The summed E-state index contributed by atoms with van der Waals surface area (Å²) in [6.45, 7) is 0. The van der Waals surface area contributed by atoms with Crippen LogP contribution in [0, 0.1) is 0 Å². The molecule has 0 saturated heterocycles. The first-order chi connectivity index (χ1) is 35.2. The molecule has 0 spiro atoms. The van der Waals surface area contributed by atoms with Crippen LogP contribution in [-0.4, -0.2) is 4.57 Å². The molecule has 2 heterocycles. The molecule has 0 radical (unpaired) electrons. The minimum Gasteiger partial charge on any atom is -0.455 e. The molecule has 0 bridgehead atoms. The van der Waals surface area contributed by atoms with Crippen molar-refractivity contribution in [3.8, 4) is 50.2 Å². The molecule has 12 aromatic carbocycles. The van der Waals surface area contributed by atoms with E-state index in [1.165, 1.54) is 60.0 Å². The van der Waals surface area contributed by atoms with E-state index < -0.39 is 0 Å². The van der Waals surface area contributed by atoms with Crippen LogP contribution in [0.15, 0.2) is 271 Å². The molecular formula is C68H44N2O. The first kappa shape index (κ1) is 40.6. The second kappa shape index (κ2) is 16.7. The van der Waals surface area contributed by atoms with E-state index in [4.69, 9.17) is 4.42 Å². The van der Waals surface area contributed by atoms with Gasteiger partial charge in [0.1, 0.15) is 11.2 Å². The maximum Gasteiger partial charge on any atom is 0.143 e. The molecule has 0 unspecified atom stereocenters. The number of anilines is 3. The van der Waals surface area contributed by atoms with Gasteiger partial charge in [-0.3, -0.25) is 0 Å². The molecule has 0 aliphatic rings. The normalized spacial score (nSPS) is 11.7. The summed E-state index contributed by atoms with van der Waals surface area (Å²) in [7, 11) is 0. The molecule has 0 saturated carbocycles. The first-order valence-corrected chi connectivity index (χ1v) is 24.3. The quantitative estimate of drug-likeness (QED) is 0.142. The van der Waals surface area contributed by atoms with Gasteiger partial charge in [0.25, 0.3) is 0 Å². The van der Waals surface area contributed by atoms with Crippen molar-refractivity contribution in [3.05, 3.63) is 267 Å². The topological polar surface area (TPSA) is 21.3 Å². The summed E-state index contributed by atoms with van der Waals surface area (Å²) < 4.78 is 8.93. The Kier molecular flexibility index (Phi) is 9.53. The summed E-state index contributed by atoms with van der Waals surface area (Å²) >= 11 is 0. The number of hydrogen-bond acceptors (Lipinski definition) is 2. The Bertz CT molecular complexity index is 4290. The fraction of sp³-hybridized carbons (Fsp3) is 0. The second-order valence-electron chi connectivity index (χ2n) is 18.4. The van der Waals surface area contributed by atoms with Crippen molar-refractivity contribution in [1.29, 1.82) is 0 Å². The molecule has 0 atom stereocenters. The number of hydrogen-bond donors (Lipinski definition) is 0. The third-order valence-corrected chi connectivity index (χ3v) is 14.4. The number of benzene rings is 12. The first-order valence-electron chi connectivity index (χ1n) is 24.3. The smallest absolute Gasteiger partial charge is 0.143 e. The lowest BCUT2D eigenvalue weighted by atomic mass is 9.92. The van der Waals surface area contributed by atoms with Crippen molar-refractivity contribution in [2.24, 2.45) is 0 Å². The summed E-state index contributed by atoms with van der Waals surface area (Å²) in [4.78, 5) is 2.42. The third-order valence-electron chi connectivity index (χ3n) is 14.4. The zero-order valence-electron chi connectivity index (χ0n) is 38.7. The van der Waals surface area contributed by atoms with E-state index in [1.54, 1.807) is 0 Å². The van der Waals surface area contributed by atoms with Crippen LogP contribution in [0.3, 0.4) is 0 Å². The monoisotopic (exact) mass is 904 g/mol. The lowest BCUT2D eigenvalue weighted by Gasteiger charge is -2.29. The Labute approximate surface area is 411 Å². The molecule has 332 valence electrons. The van der Waals surface area contributed by atoms with Gasteiger partial charge < -0.3 is 13.9 Å². The van der Waals surface area contributed by atoms with Gasteiger partial charge in [-0.15, -0.1) is 0 Å². The zero-order chi connectivity index (χ0) is 46.8. The molecule has 0 amide bonds. The van der Waals surface area contributed by atoms with Crippen molar-refractivity contribution in [3.63, 3.8) is 0 Å². The van der Waals surface area contributed by atoms with Crippen molar-refractivity contribution in [1.82, 2.24) is 4.57 Å². The Hall–Kier alpha value is -9.44. The van der Waals surface area contributed by atoms with Gasteiger partial charge in [0.2, 0.25) is 0 Å². The van der Waals surface area contributed by atoms with Crippen molar-refractivity contribution >= 4 is 82.4 Å². The lowest BCUT2D eigenvalue weighted by molar-refractivity contribution is 0.670. The highest BCUT2D eigenvalue weighted by molar-refractivity contribution is 6.15. The van der Waals surface area contributed by atoms with Gasteiger partial charge >= 0.3 is 0 Å². The summed E-state index contributed by atoms with van der Waals surface area (Å²) in [5.74, 6) is 0. The third kappa shape index (κ3) is 6.74. The number of para-hydroxylation sites is 6. The van der Waals surface area contributed by atoms with Crippen LogP contribution in [0.5, 0.6) is 0 Å². The number of rotatable bonds is 8. The number of aromatic nitrogens is 1. The van der Waals surface area contributed by atoms with Crippen LogP contribution in [0.1, 0.15) is 0 Å². The van der Waals surface area contributed by atoms with E-state index in [0.717, 1.165) is 72.5 Å². The molecule has 3 nitrogen and oxygen atoms in total. The van der Waals surface area contributed by atoms with E-state index in [2.05, 4.69) is 264 Å². The standard InChI is InChI=1S/C68H44N2O/c1-2-20-52-49(17-1)44-62(56-23-4-3-22-55(52)56)59-26-8-11-31-64(59)69(50-41-39-47(40-42-50)54-28-16-29-61-60-27-9-14-34-67(60)71-68(54)61)51-19-15-18-48(43-51)45-35-37-46(38-36-45)53-21-5-10-30-63(53)70-65-32-12-6-24-57(65)58-25-7-13-33-66(58)70/h1-44H. The van der Waals surface area contributed by atoms with Crippen LogP contribution in [-0.2, 0) is 0 Å². The average molecular weight is 905 g/mol. The van der Waals surface area contributed by atoms with Crippen molar-refractivity contribution < 1.29 is 4.42 Å². The lowest BCUT2D eigenvalue weighted by Crippen LogP contribution is -2.11. The van der Waals surface area contributed by atoms with Gasteiger partial charge in [0.05, 0.1) is 22.4 Å². The summed E-state index contributed by atoms with van der Waals surface area (Å²) in [5, 5.41) is 9.70. The molecule has 3 heteroatoms. The summed E-state index contributed by atoms with van der Waals surface area (Å²) in [6, 6.07) is 96.7. The van der Waals surface area contributed by atoms with Crippen molar-refractivity contribution in [2.75, 3.05) is 4.90 Å². The maximum absolute atomic E-state index is 6.51. The molecule has 2 aromatic heterocycles. The highest BCUT2D eigenvalue weighted by Gasteiger charge is 2.21. The Morgan fingerprint density at radius 2 is 0.845 bits per heavy atom. The Morgan fingerprint density at radius 1 is 0.296 bits per heavy atom. The van der Waals surface area contributed by atoms with Crippen LogP contribution in [0.4, 0.5) is 17.1 Å². The predicted octanol–water partition coefficient (Wildman–Crippen LogP) is 19.1. The summed E-state index contributed by atoms with van der Waals surface area (Å²) in [5.41, 5.74) is 17.7. The van der Waals surface area contributed by atoms with E-state index in [0.29, 0.717) is 0 Å². The molecule has 0 fully saturated rings. The van der Waals surface area contributed by atoms with Gasteiger partial charge in [-0.05, 0) is 110 Å². The van der Waals surface area contributed by atoms with Gasteiger partial charge in [-0.2, -0.15) is 0 Å². The minimum absolute atomic E-state index is 0.897. The molecule has 0 N–H and O–H groups in total. The molecular weight excluding hydrogens is 861 g/mol. The fourth-order valence-corrected chi connectivity index (χ4v) is 11.1. The predicted molar refractivity (Wildman–Crippen MR) is 299 cm³/mol. The number of fused-ring (bicyclic) bond motifs is 9.